The summed E-state index contributed by atoms with van der Waals surface area (Å²) in [6, 6.07) is 8.31. The topological polar surface area (TPSA) is 36.0 Å². The SMILES string of the molecule is CO.c1cc2cc[nH]cc-2c1. The molecule has 0 spiro atoms. The van der Waals surface area contributed by atoms with Gasteiger partial charge in [0.05, 0.1) is 0 Å². The molecule has 0 saturated heterocycles. The van der Waals surface area contributed by atoms with Crippen LogP contribution in [-0.4, -0.2) is 17.2 Å². The van der Waals surface area contributed by atoms with Crippen LogP contribution in [0.1, 0.15) is 0 Å². The van der Waals surface area contributed by atoms with E-state index in [-0.39, 0.29) is 0 Å². The van der Waals surface area contributed by atoms with Crippen LogP contribution < -0.4 is 0 Å². The first-order valence-corrected chi connectivity index (χ1v) is 3.43. The maximum absolute atomic E-state index is 7.00. The molecule has 2 rings (SSSR count). The van der Waals surface area contributed by atoms with Gasteiger partial charge in [-0.2, -0.15) is 0 Å². The van der Waals surface area contributed by atoms with E-state index in [2.05, 4.69) is 29.2 Å². The third-order valence-corrected chi connectivity index (χ3v) is 1.48. The minimum Gasteiger partial charge on any atom is -0.400 e. The van der Waals surface area contributed by atoms with E-state index in [0.29, 0.717) is 0 Å². The van der Waals surface area contributed by atoms with Crippen molar-refractivity contribution in [2.75, 3.05) is 7.11 Å². The highest BCUT2D eigenvalue weighted by molar-refractivity contribution is 5.64. The molecule has 1 heterocycles. The number of fused-ring (bicyclic) bond motifs is 1. The fraction of sp³-hybridized carbons (Fsp3) is 0.111. The van der Waals surface area contributed by atoms with Gasteiger partial charge in [0.25, 0.3) is 0 Å². The summed E-state index contributed by atoms with van der Waals surface area (Å²) >= 11 is 0. The van der Waals surface area contributed by atoms with Crippen LogP contribution in [-0.2, 0) is 0 Å². The fourth-order valence-electron chi connectivity index (χ4n) is 1.01. The van der Waals surface area contributed by atoms with Gasteiger partial charge in [-0.1, -0.05) is 18.2 Å². The van der Waals surface area contributed by atoms with E-state index < -0.39 is 0 Å². The first-order chi connectivity index (χ1) is 5.47. The van der Waals surface area contributed by atoms with Crippen LogP contribution in [0.25, 0.3) is 11.1 Å². The van der Waals surface area contributed by atoms with Crippen LogP contribution >= 0.6 is 0 Å². The Morgan fingerprint density at radius 2 is 1.82 bits per heavy atom. The lowest BCUT2D eigenvalue weighted by atomic mass is 10.2. The van der Waals surface area contributed by atoms with Crippen molar-refractivity contribution in [3.05, 3.63) is 36.7 Å². The van der Waals surface area contributed by atoms with Crippen LogP contribution in [0.2, 0.25) is 0 Å². The largest absolute Gasteiger partial charge is 0.400 e. The van der Waals surface area contributed by atoms with Gasteiger partial charge in [-0.3, -0.25) is 0 Å². The highest BCUT2D eigenvalue weighted by Gasteiger charge is 1.95. The highest BCUT2D eigenvalue weighted by Crippen LogP contribution is 2.19. The number of aromatic amines is 1. The number of aliphatic hydroxyl groups is 1. The summed E-state index contributed by atoms with van der Waals surface area (Å²) in [5.41, 5.74) is 2.58. The molecule has 2 heteroatoms. The van der Waals surface area contributed by atoms with Gasteiger partial charge in [0.2, 0.25) is 0 Å². The van der Waals surface area contributed by atoms with E-state index in [4.69, 9.17) is 5.11 Å². The summed E-state index contributed by atoms with van der Waals surface area (Å²) in [6.45, 7) is 0. The average molecular weight is 149 g/mol. The Kier molecular flexibility index (Phi) is 2.69. The summed E-state index contributed by atoms with van der Waals surface area (Å²) in [4.78, 5) is 3.02. The molecule has 0 aromatic rings. The molecular weight excluding hydrogens is 138 g/mol. The van der Waals surface area contributed by atoms with E-state index in [1.807, 2.05) is 12.4 Å². The number of rotatable bonds is 0. The lowest BCUT2D eigenvalue weighted by Crippen LogP contribution is -1.72. The molecule has 0 saturated carbocycles. The Bertz CT molecular complexity index is 250. The highest BCUT2D eigenvalue weighted by atomic mass is 16.2. The molecule has 1 aliphatic carbocycles. The van der Waals surface area contributed by atoms with Crippen molar-refractivity contribution < 1.29 is 5.11 Å². The zero-order chi connectivity index (χ0) is 8.10. The van der Waals surface area contributed by atoms with Gasteiger partial charge >= 0.3 is 0 Å². The third kappa shape index (κ3) is 1.59. The maximum atomic E-state index is 7.00. The van der Waals surface area contributed by atoms with Crippen molar-refractivity contribution in [1.82, 2.24) is 4.98 Å². The molecule has 11 heavy (non-hydrogen) atoms. The van der Waals surface area contributed by atoms with Crippen LogP contribution in [0, 0.1) is 0 Å². The molecular formula is C9H11NO. The minimum atomic E-state index is 1.00. The molecule has 0 fully saturated rings. The maximum Gasteiger partial charge on any atom is 0.0319 e. The minimum absolute atomic E-state index is 1.00. The summed E-state index contributed by atoms with van der Waals surface area (Å²) in [5.74, 6) is 0. The summed E-state index contributed by atoms with van der Waals surface area (Å²) in [6.07, 6.45) is 3.93. The van der Waals surface area contributed by atoms with E-state index in [1.54, 1.807) is 0 Å². The normalized spacial score (nSPS) is 8.91. The second-order valence-corrected chi connectivity index (χ2v) is 2.08. The lowest BCUT2D eigenvalue weighted by molar-refractivity contribution is 0.399. The van der Waals surface area contributed by atoms with Gasteiger partial charge < -0.3 is 10.1 Å². The van der Waals surface area contributed by atoms with Gasteiger partial charge in [0.1, 0.15) is 0 Å². The third-order valence-electron chi connectivity index (χ3n) is 1.48. The first-order valence-electron chi connectivity index (χ1n) is 3.43. The molecule has 0 atom stereocenters. The Balaban J connectivity index is 0.000000281. The van der Waals surface area contributed by atoms with E-state index in [9.17, 15) is 0 Å². The number of nitrogens with one attached hydrogen (secondary N) is 1. The Morgan fingerprint density at radius 1 is 1.09 bits per heavy atom. The van der Waals surface area contributed by atoms with Gasteiger partial charge in [-0.05, 0) is 17.2 Å². The lowest BCUT2D eigenvalue weighted by Gasteiger charge is -1.93. The molecule has 0 aromatic heterocycles. The van der Waals surface area contributed by atoms with Crippen molar-refractivity contribution in [2.24, 2.45) is 0 Å². The molecule has 2 nitrogen and oxygen atoms in total. The zero-order valence-corrected chi connectivity index (χ0v) is 6.41. The standard InChI is InChI=1S/C8H7N.CH4O/c1-2-7-4-5-9-6-8(7)3-1;1-2/h1-6,9H;2H,1H3. The molecule has 0 radical (unpaired) electrons. The molecule has 1 aliphatic heterocycles. The summed E-state index contributed by atoms with van der Waals surface area (Å²) in [7, 11) is 1.00. The summed E-state index contributed by atoms with van der Waals surface area (Å²) in [5, 5.41) is 7.00. The molecule has 2 N–H and O–H groups in total. The smallest absolute Gasteiger partial charge is 0.0319 e. The van der Waals surface area contributed by atoms with Crippen molar-refractivity contribution in [3.63, 3.8) is 0 Å². The molecule has 0 aromatic carbocycles. The molecule has 0 amide bonds. The molecule has 58 valence electrons. The van der Waals surface area contributed by atoms with Gasteiger partial charge in [-0.15, -0.1) is 0 Å². The van der Waals surface area contributed by atoms with Gasteiger partial charge in [-0.25, -0.2) is 0 Å². The van der Waals surface area contributed by atoms with E-state index in [0.717, 1.165) is 7.11 Å². The number of H-pyrrole nitrogens is 1. The number of aliphatic hydroxyl groups excluding tert-OH is 1. The predicted molar refractivity (Wildman–Crippen MR) is 45.6 cm³/mol. The van der Waals surface area contributed by atoms with Crippen LogP contribution in [0.4, 0.5) is 0 Å². The zero-order valence-electron chi connectivity index (χ0n) is 6.41. The van der Waals surface area contributed by atoms with Gasteiger partial charge in [0, 0.05) is 19.5 Å². The fourth-order valence-corrected chi connectivity index (χ4v) is 1.01. The molecule has 0 bridgehead atoms. The molecule has 0 unspecified atom stereocenters. The second kappa shape index (κ2) is 3.78. The monoisotopic (exact) mass is 149 g/mol. The van der Waals surface area contributed by atoms with E-state index >= 15 is 0 Å². The second-order valence-electron chi connectivity index (χ2n) is 2.08. The number of hydrogen-bond donors (Lipinski definition) is 2. The number of pyridine rings is 1. The van der Waals surface area contributed by atoms with Gasteiger partial charge in [0.15, 0.2) is 0 Å². The Hall–Kier alpha value is -1.28. The Labute approximate surface area is 65.8 Å². The van der Waals surface area contributed by atoms with Crippen LogP contribution in [0.3, 0.4) is 0 Å². The predicted octanol–water partition coefficient (Wildman–Crippen LogP) is 1.73. The summed E-state index contributed by atoms with van der Waals surface area (Å²) < 4.78 is 0. The average Bonchev–Trinajstić information content (AvgIpc) is 2.55. The number of aromatic nitrogens is 1. The van der Waals surface area contributed by atoms with Crippen molar-refractivity contribution >= 4 is 0 Å². The molecule has 2 aliphatic rings. The quantitative estimate of drug-likeness (QED) is 0.588. The van der Waals surface area contributed by atoms with Crippen molar-refractivity contribution in [3.8, 4) is 11.1 Å². The van der Waals surface area contributed by atoms with Crippen LogP contribution in [0.5, 0.6) is 0 Å². The van der Waals surface area contributed by atoms with Crippen molar-refractivity contribution in [1.29, 1.82) is 0 Å². The number of hydrogen-bond acceptors (Lipinski definition) is 1. The van der Waals surface area contributed by atoms with Crippen molar-refractivity contribution in [2.45, 2.75) is 0 Å². The Morgan fingerprint density at radius 3 is 2.55 bits per heavy atom. The van der Waals surface area contributed by atoms with Crippen LogP contribution in [0.15, 0.2) is 36.7 Å². The van der Waals surface area contributed by atoms with E-state index in [1.165, 1.54) is 11.1 Å². The first kappa shape index (κ1) is 7.82.